The summed E-state index contributed by atoms with van der Waals surface area (Å²) < 4.78 is 0. The maximum absolute atomic E-state index is 9.00. The predicted octanol–water partition coefficient (Wildman–Crippen LogP) is -1.45. The first-order valence-corrected chi connectivity index (χ1v) is 1.76. The van der Waals surface area contributed by atoms with Gasteiger partial charge in [-0.15, -0.1) is 0 Å². The van der Waals surface area contributed by atoms with Gasteiger partial charge >= 0.3 is 0 Å². The molecule has 0 atom stereocenters. The Balaban J connectivity index is -0.0000000720. The van der Waals surface area contributed by atoms with Crippen LogP contribution in [0.1, 0.15) is 6.92 Å². The largest absolute Gasteiger partial charge is 0.481 e. The van der Waals surface area contributed by atoms with Crippen LogP contribution in [0.3, 0.4) is 0 Å². The quantitative estimate of drug-likeness (QED) is 0.197. The molecule has 50 valence electrons. The summed E-state index contributed by atoms with van der Waals surface area (Å²) in [5, 5.41) is 13.5. The summed E-state index contributed by atoms with van der Waals surface area (Å²) >= 11 is 0. The van der Waals surface area contributed by atoms with Gasteiger partial charge in [0.25, 0.3) is 5.97 Å². The zero-order chi connectivity index (χ0) is 7.15. The van der Waals surface area contributed by atoms with Crippen LogP contribution in [0.5, 0.6) is 0 Å². The van der Waals surface area contributed by atoms with E-state index in [0.717, 1.165) is 6.92 Å². The topological polar surface area (TPSA) is 113 Å². The first-order valence-electron chi connectivity index (χ1n) is 1.76. The molecule has 5 nitrogen and oxygen atoms in total. The molecule has 2 radical (unpaired) electrons. The summed E-state index contributed by atoms with van der Waals surface area (Å²) in [5.74, 6) is -1.17. The number of carboxylic acids is 1. The zero-order valence-electron chi connectivity index (χ0n) is 5.22. The van der Waals surface area contributed by atoms with E-state index in [1.807, 2.05) is 0 Å². The molecule has 0 saturated heterocycles. The second-order valence-corrected chi connectivity index (χ2v) is 0.974. The van der Waals surface area contributed by atoms with Gasteiger partial charge in [0.1, 0.15) is 0 Å². The molecule has 0 aliphatic heterocycles. The maximum Gasteiger partial charge on any atom is 0.300 e. The van der Waals surface area contributed by atoms with Crippen molar-refractivity contribution in [3.63, 3.8) is 0 Å². The summed E-state index contributed by atoms with van der Waals surface area (Å²) in [7, 11) is 0. The minimum Gasteiger partial charge on any atom is -0.481 e. The van der Waals surface area contributed by atoms with Gasteiger partial charge < -0.3 is 16.6 Å². The first kappa shape index (κ1) is 16.0. The molecule has 0 saturated carbocycles. The number of nitrogens with one attached hydrogen (secondary N) is 1. The number of aliphatic carboxylic acids is 1. The second-order valence-electron chi connectivity index (χ2n) is 0.974. The molecule has 6 N–H and O–H groups in total. The van der Waals surface area contributed by atoms with Gasteiger partial charge in [-0.1, -0.05) is 0 Å². The van der Waals surface area contributed by atoms with E-state index in [9.17, 15) is 0 Å². The van der Waals surface area contributed by atoms with Crippen molar-refractivity contribution in [3.05, 3.63) is 0 Å². The van der Waals surface area contributed by atoms with E-state index in [4.69, 9.17) is 15.3 Å². The molecule has 0 bridgehead atoms. The fourth-order valence-electron chi connectivity index (χ4n) is 0. The monoisotopic (exact) mass is 159 g/mol. The van der Waals surface area contributed by atoms with Gasteiger partial charge in [-0.25, -0.2) is 0 Å². The number of nitrogens with two attached hydrogens (primary N) is 2. The normalized spacial score (nSPS) is 5.44. The minimum absolute atomic E-state index is 0. The van der Waals surface area contributed by atoms with Gasteiger partial charge in [0, 0.05) is 44.7 Å². The Kier molecular flexibility index (Phi) is 19.4. The number of guanidine groups is 1. The molecule has 0 amide bonds. The van der Waals surface area contributed by atoms with Crippen LogP contribution in [-0.4, -0.2) is 54.8 Å². The Morgan fingerprint density at radius 2 is 1.56 bits per heavy atom. The van der Waals surface area contributed by atoms with E-state index >= 15 is 0 Å². The summed E-state index contributed by atoms with van der Waals surface area (Å²) in [6, 6.07) is 0. The molecule has 6 heteroatoms. The Bertz CT molecular complexity index is 75.1. The van der Waals surface area contributed by atoms with Gasteiger partial charge in [0.15, 0.2) is 5.96 Å². The van der Waals surface area contributed by atoms with E-state index in [1.165, 1.54) is 0 Å². The number of carbonyl (C=O) groups is 1. The molecule has 0 aromatic rings. The van der Waals surface area contributed by atoms with E-state index in [1.54, 1.807) is 0 Å². The van der Waals surface area contributed by atoms with E-state index < -0.39 is 5.97 Å². The molecule has 0 fully saturated rings. The standard InChI is InChI=1S/C2H4O2.CH5N3.Ca/c1-2(3)4;2-1(3)4;/h1H3,(H,3,4);(H5,2,3,4);. The second kappa shape index (κ2) is 10.9. The molecular formula is C3H9CaN3O2. The Morgan fingerprint density at radius 1 is 1.56 bits per heavy atom. The molecule has 0 rings (SSSR count). The average molecular weight is 159 g/mol. The van der Waals surface area contributed by atoms with Crippen LogP contribution in [0.15, 0.2) is 0 Å². The van der Waals surface area contributed by atoms with Crippen molar-refractivity contribution >= 4 is 49.7 Å². The van der Waals surface area contributed by atoms with Gasteiger partial charge in [-0.05, 0) is 0 Å². The molecule has 0 spiro atoms. The molecule has 0 aliphatic rings. The van der Waals surface area contributed by atoms with Crippen molar-refractivity contribution in [1.82, 2.24) is 0 Å². The Labute approximate surface area is 82.9 Å². The minimum atomic E-state index is -0.833. The van der Waals surface area contributed by atoms with Crippen molar-refractivity contribution in [3.8, 4) is 0 Å². The van der Waals surface area contributed by atoms with Crippen LogP contribution in [0.25, 0.3) is 0 Å². The van der Waals surface area contributed by atoms with Crippen LogP contribution in [0.2, 0.25) is 0 Å². The molecule has 0 aliphatic carbocycles. The molecule has 0 unspecified atom stereocenters. The SMILES string of the molecule is CC(=O)O.N=C(N)N.[Ca]. The average Bonchev–Trinajstić information content (AvgIpc) is 1.25. The summed E-state index contributed by atoms with van der Waals surface area (Å²) in [5.41, 5.74) is 8.94. The summed E-state index contributed by atoms with van der Waals surface area (Å²) in [6.45, 7) is 1.08. The van der Waals surface area contributed by atoms with E-state index in [2.05, 4.69) is 11.5 Å². The fourth-order valence-corrected chi connectivity index (χ4v) is 0. The Morgan fingerprint density at radius 3 is 1.56 bits per heavy atom. The first-order chi connectivity index (χ1) is 3.46. The molecule has 0 aromatic heterocycles. The van der Waals surface area contributed by atoms with E-state index in [-0.39, 0.29) is 43.7 Å². The van der Waals surface area contributed by atoms with Crippen LogP contribution in [-0.2, 0) is 4.79 Å². The molecule has 0 aromatic carbocycles. The van der Waals surface area contributed by atoms with Gasteiger partial charge in [-0.3, -0.25) is 10.2 Å². The number of carboxylic acid groups (broad SMARTS) is 1. The predicted molar refractivity (Wildman–Crippen MR) is 35.2 cm³/mol. The summed E-state index contributed by atoms with van der Waals surface area (Å²) in [6.07, 6.45) is 0. The van der Waals surface area contributed by atoms with Crippen LogP contribution < -0.4 is 11.5 Å². The van der Waals surface area contributed by atoms with Gasteiger partial charge in [0.2, 0.25) is 0 Å². The number of hydrogen-bond acceptors (Lipinski definition) is 2. The van der Waals surface area contributed by atoms with E-state index in [0.29, 0.717) is 0 Å². The maximum atomic E-state index is 9.00. The molecular weight excluding hydrogens is 150 g/mol. The number of hydrogen-bond donors (Lipinski definition) is 4. The van der Waals surface area contributed by atoms with Crippen LogP contribution in [0, 0.1) is 5.41 Å². The third kappa shape index (κ3) is 4270000000. The summed E-state index contributed by atoms with van der Waals surface area (Å²) in [4.78, 5) is 9.00. The van der Waals surface area contributed by atoms with Crippen molar-refractivity contribution < 1.29 is 9.90 Å². The van der Waals surface area contributed by atoms with Crippen molar-refractivity contribution in [1.29, 1.82) is 5.41 Å². The fraction of sp³-hybridized carbons (Fsp3) is 0.333. The van der Waals surface area contributed by atoms with Gasteiger partial charge in [-0.2, -0.15) is 0 Å². The molecule has 9 heavy (non-hydrogen) atoms. The zero-order valence-corrected chi connectivity index (χ0v) is 7.43. The third-order valence-corrected chi connectivity index (χ3v) is 0. The number of rotatable bonds is 0. The van der Waals surface area contributed by atoms with Crippen molar-refractivity contribution in [2.75, 3.05) is 0 Å². The Hall–Kier alpha value is -0.000260. The van der Waals surface area contributed by atoms with Crippen molar-refractivity contribution in [2.45, 2.75) is 6.92 Å². The third-order valence-electron chi connectivity index (χ3n) is 0. The van der Waals surface area contributed by atoms with Crippen LogP contribution in [0.4, 0.5) is 0 Å². The van der Waals surface area contributed by atoms with Crippen molar-refractivity contribution in [2.24, 2.45) is 11.5 Å². The van der Waals surface area contributed by atoms with Gasteiger partial charge in [0.05, 0.1) is 0 Å². The van der Waals surface area contributed by atoms with Crippen LogP contribution >= 0.6 is 0 Å². The molecule has 0 heterocycles. The smallest absolute Gasteiger partial charge is 0.300 e.